The molecule has 0 fully saturated rings. The third-order valence-corrected chi connectivity index (χ3v) is 0.845. The summed E-state index contributed by atoms with van der Waals surface area (Å²) < 4.78 is 0. The van der Waals surface area contributed by atoms with Gasteiger partial charge in [0.2, 0.25) is 0 Å². The largest absolute Gasteiger partial charge is 0.481 e. The molecule has 5 heteroatoms. The van der Waals surface area contributed by atoms with Gasteiger partial charge in [0.1, 0.15) is 0 Å². The van der Waals surface area contributed by atoms with Gasteiger partial charge < -0.3 is 10.8 Å². The number of halogens is 2. The Morgan fingerprint density at radius 3 is 2.10 bits per heavy atom. The van der Waals surface area contributed by atoms with E-state index in [4.69, 9.17) is 10.8 Å². The lowest BCUT2D eigenvalue weighted by atomic mass is 10.2. The number of hydrogen-bond donors (Lipinski definition) is 2. The molecule has 0 aliphatic carbocycles. The standard InChI is InChI=1S/C5H11NO2.2ClH/c6-4-2-1-3-5(7)8;;/h1-4,6H2,(H,7,8);2*1H. The second kappa shape index (κ2) is 11.8. The van der Waals surface area contributed by atoms with Gasteiger partial charge in [-0.2, -0.15) is 0 Å². The fourth-order valence-corrected chi connectivity index (χ4v) is 0.421. The van der Waals surface area contributed by atoms with Gasteiger partial charge in [-0.15, -0.1) is 24.8 Å². The highest BCUT2D eigenvalue weighted by Gasteiger charge is 1.92. The zero-order valence-electron chi connectivity index (χ0n) is 5.58. The van der Waals surface area contributed by atoms with Crippen LogP contribution >= 0.6 is 24.8 Å². The molecule has 0 amide bonds. The lowest BCUT2D eigenvalue weighted by Gasteiger charge is -1.90. The molecule has 0 saturated heterocycles. The van der Waals surface area contributed by atoms with Crippen LogP contribution in [0.5, 0.6) is 0 Å². The van der Waals surface area contributed by atoms with Crippen molar-refractivity contribution in [2.75, 3.05) is 6.54 Å². The summed E-state index contributed by atoms with van der Waals surface area (Å²) in [5.74, 6) is -0.738. The molecular formula is C5H13Cl2NO2. The van der Waals surface area contributed by atoms with Crippen LogP contribution < -0.4 is 5.73 Å². The van der Waals surface area contributed by atoms with Crippen LogP contribution in [-0.2, 0) is 4.79 Å². The minimum Gasteiger partial charge on any atom is -0.481 e. The van der Waals surface area contributed by atoms with E-state index in [0.717, 1.165) is 6.42 Å². The molecule has 0 heterocycles. The number of rotatable bonds is 4. The first kappa shape index (κ1) is 16.5. The fraction of sp³-hybridized carbons (Fsp3) is 0.800. The van der Waals surface area contributed by atoms with Gasteiger partial charge in [-0.1, -0.05) is 0 Å². The number of aliphatic carboxylic acids is 1. The van der Waals surface area contributed by atoms with E-state index in [1.807, 2.05) is 0 Å². The van der Waals surface area contributed by atoms with Crippen molar-refractivity contribution in [2.24, 2.45) is 5.73 Å². The van der Waals surface area contributed by atoms with Crippen molar-refractivity contribution in [3.8, 4) is 0 Å². The van der Waals surface area contributed by atoms with E-state index in [1.54, 1.807) is 0 Å². The van der Waals surface area contributed by atoms with Crippen molar-refractivity contribution in [1.82, 2.24) is 0 Å². The van der Waals surface area contributed by atoms with Crippen LogP contribution in [0.4, 0.5) is 0 Å². The van der Waals surface area contributed by atoms with Gasteiger partial charge in [0.25, 0.3) is 0 Å². The number of nitrogens with two attached hydrogens (primary N) is 1. The van der Waals surface area contributed by atoms with Crippen LogP contribution in [0.25, 0.3) is 0 Å². The molecule has 0 radical (unpaired) electrons. The summed E-state index contributed by atoms with van der Waals surface area (Å²) in [6.45, 7) is 0.591. The van der Waals surface area contributed by atoms with Crippen molar-refractivity contribution in [3.05, 3.63) is 0 Å². The molecule has 0 aliphatic rings. The Morgan fingerprint density at radius 1 is 1.30 bits per heavy atom. The highest BCUT2D eigenvalue weighted by atomic mass is 35.5. The van der Waals surface area contributed by atoms with Crippen LogP contribution in [-0.4, -0.2) is 17.6 Å². The highest BCUT2D eigenvalue weighted by Crippen LogP contribution is 1.91. The van der Waals surface area contributed by atoms with Gasteiger partial charge in [-0.05, 0) is 19.4 Å². The summed E-state index contributed by atoms with van der Waals surface area (Å²) in [5, 5.41) is 8.10. The lowest BCUT2D eigenvalue weighted by molar-refractivity contribution is -0.137. The Balaban J connectivity index is -0.000000245. The zero-order valence-corrected chi connectivity index (χ0v) is 7.21. The zero-order chi connectivity index (χ0) is 6.41. The summed E-state index contributed by atoms with van der Waals surface area (Å²) in [5.41, 5.74) is 5.12. The molecule has 64 valence electrons. The highest BCUT2D eigenvalue weighted by molar-refractivity contribution is 5.85. The van der Waals surface area contributed by atoms with Crippen LogP contribution in [0.2, 0.25) is 0 Å². The van der Waals surface area contributed by atoms with Crippen molar-refractivity contribution in [3.63, 3.8) is 0 Å². The monoisotopic (exact) mass is 189 g/mol. The maximum Gasteiger partial charge on any atom is 0.303 e. The van der Waals surface area contributed by atoms with Crippen LogP contribution in [0.3, 0.4) is 0 Å². The molecule has 0 aromatic carbocycles. The van der Waals surface area contributed by atoms with Crippen molar-refractivity contribution >= 4 is 30.8 Å². The molecule has 0 atom stereocenters. The number of carbonyl (C=O) groups is 1. The van der Waals surface area contributed by atoms with Gasteiger partial charge in [-0.25, -0.2) is 0 Å². The second-order valence-corrected chi connectivity index (χ2v) is 1.64. The second-order valence-electron chi connectivity index (χ2n) is 1.64. The maximum absolute atomic E-state index is 9.83. The number of carboxylic acids is 1. The molecule has 3 nitrogen and oxygen atoms in total. The SMILES string of the molecule is Cl.Cl.NCCCCC(=O)O. The van der Waals surface area contributed by atoms with Gasteiger partial charge in [0.05, 0.1) is 0 Å². The predicted octanol–water partition coefficient (Wildman–Crippen LogP) is 1.04. The first-order chi connectivity index (χ1) is 3.77. The summed E-state index contributed by atoms with van der Waals surface area (Å²) in [6, 6.07) is 0. The van der Waals surface area contributed by atoms with Crippen molar-refractivity contribution in [1.29, 1.82) is 0 Å². The Bertz CT molecular complexity index is 80.0. The van der Waals surface area contributed by atoms with Crippen LogP contribution in [0, 0.1) is 0 Å². The Morgan fingerprint density at radius 2 is 1.80 bits per heavy atom. The smallest absolute Gasteiger partial charge is 0.303 e. The number of carboxylic acid groups (broad SMARTS) is 1. The van der Waals surface area contributed by atoms with E-state index >= 15 is 0 Å². The molecular weight excluding hydrogens is 177 g/mol. The van der Waals surface area contributed by atoms with E-state index in [2.05, 4.69) is 0 Å². The summed E-state index contributed by atoms with van der Waals surface area (Å²) in [7, 11) is 0. The van der Waals surface area contributed by atoms with Crippen LogP contribution in [0.15, 0.2) is 0 Å². The molecule has 0 aromatic heterocycles. The van der Waals surface area contributed by atoms with Gasteiger partial charge in [0.15, 0.2) is 0 Å². The van der Waals surface area contributed by atoms with Crippen molar-refractivity contribution in [2.45, 2.75) is 19.3 Å². The first-order valence-electron chi connectivity index (χ1n) is 2.69. The quantitative estimate of drug-likeness (QED) is 0.651. The van der Waals surface area contributed by atoms with E-state index < -0.39 is 5.97 Å². The molecule has 0 bridgehead atoms. The average Bonchev–Trinajstić information content (AvgIpc) is 1.66. The van der Waals surface area contributed by atoms with Crippen LogP contribution in [0.1, 0.15) is 19.3 Å². The van der Waals surface area contributed by atoms with Crippen molar-refractivity contribution < 1.29 is 9.90 Å². The topological polar surface area (TPSA) is 63.3 Å². The molecule has 10 heavy (non-hydrogen) atoms. The van der Waals surface area contributed by atoms with Gasteiger partial charge >= 0.3 is 5.97 Å². The molecule has 3 N–H and O–H groups in total. The average molecular weight is 190 g/mol. The Labute approximate surface area is 72.8 Å². The minimum atomic E-state index is -0.738. The third kappa shape index (κ3) is 15.7. The van der Waals surface area contributed by atoms with E-state index in [9.17, 15) is 4.79 Å². The molecule has 0 aliphatic heterocycles. The van der Waals surface area contributed by atoms with E-state index in [0.29, 0.717) is 13.0 Å². The fourth-order valence-electron chi connectivity index (χ4n) is 0.421. The molecule has 0 saturated carbocycles. The van der Waals surface area contributed by atoms with E-state index in [-0.39, 0.29) is 31.2 Å². The normalized spacial score (nSPS) is 7.30. The van der Waals surface area contributed by atoms with E-state index in [1.165, 1.54) is 0 Å². The Kier molecular flexibility index (Phi) is 19.5. The van der Waals surface area contributed by atoms with Gasteiger partial charge in [0, 0.05) is 6.42 Å². The minimum absolute atomic E-state index is 0. The van der Waals surface area contributed by atoms with Gasteiger partial charge in [-0.3, -0.25) is 4.79 Å². The third-order valence-electron chi connectivity index (χ3n) is 0.845. The predicted molar refractivity (Wildman–Crippen MR) is 45.0 cm³/mol. The molecule has 0 aromatic rings. The summed E-state index contributed by atoms with van der Waals surface area (Å²) in [6.07, 6.45) is 1.76. The summed E-state index contributed by atoms with van der Waals surface area (Å²) in [4.78, 5) is 9.83. The lowest BCUT2D eigenvalue weighted by Crippen LogP contribution is -2.00. The number of unbranched alkanes of at least 4 members (excludes halogenated alkanes) is 1. The summed E-state index contributed by atoms with van der Waals surface area (Å²) >= 11 is 0. The maximum atomic E-state index is 9.83. The first-order valence-corrected chi connectivity index (χ1v) is 2.69. The Hall–Kier alpha value is 0.01000. The molecule has 0 unspecified atom stereocenters. The molecule has 0 spiro atoms. The number of hydrogen-bond acceptors (Lipinski definition) is 2. The molecule has 0 rings (SSSR count).